The number of rotatable bonds is 2. The Kier molecular flexibility index (Phi) is 5.56. The van der Waals surface area contributed by atoms with Gasteiger partial charge < -0.3 is 20.5 Å². The van der Waals surface area contributed by atoms with Gasteiger partial charge in [0.15, 0.2) is 0 Å². The average Bonchev–Trinajstić information content (AvgIpc) is 3.43. The Hall–Kier alpha value is -3.04. The lowest BCUT2D eigenvalue weighted by Crippen LogP contribution is -2.50. The Morgan fingerprint density at radius 2 is 1.88 bits per heavy atom. The zero-order valence-corrected chi connectivity index (χ0v) is 21.0. The SMILES string of the molecule is Cc1cc(-c2cccc3c(C)c[nH]c23)c(C#Cc2sccc2CO)c2c1NC(C)(C)C(O)[C@H]2C. The third kappa shape index (κ3) is 3.54. The van der Waals surface area contributed by atoms with Gasteiger partial charge in [-0.3, -0.25) is 0 Å². The lowest BCUT2D eigenvalue weighted by molar-refractivity contribution is 0.0868. The van der Waals surface area contributed by atoms with Crippen molar-refractivity contribution >= 4 is 27.9 Å². The molecule has 0 saturated heterocycles. The number of aryl methyl sites for hydroxylation is 2. The van der Waals surface area contributed by atoms with E-state index in [0.717, 1.165) is 49.5 Å². The molecular formula is C29H30N2O2S. The van der Waals surface area contributed by atoms with Gasteiger partial charge in [-0.15, -0.1) is 11.3 Å². The highest BCUT2D eigenvalue weighted by atomic mass is 32.1. The third-order valence-electron chi connectivity index (χ3n) is 7.11. The molecule has 1 unspecified atom stereocenters. The minimum absolute atomic E-state index is 0.0295. The zero-order chi connectivity index (χ0) is 24.2. The molecule has 3 heterocycles. The first-order chi connectivity index (χ1) is 16.2. The van der Waals surface area contributed by atoms with Crippen LogP contribution >= 0.6 is 11.3 Å². The maximum atomic E-state index is 11.2. The summed E-state index contributed by atoms with van der Waals surface area (Å²) in [5.74, 6) is 6.72. The van der Waals surface area contributed by atoms with E-state index in [1.165, 1.54) is 22.3 Å². The van der Waals surface area contributed by atoms with Gasteiger partial charge in [0.25, 0.3) is 0 Å². The number of para-hydroxylation sites is 1. The number of fused-ring (bicyclic) bond motifs is 2. The van der Waals surface area contributed by atoms with Crippen molar-refractivity contribution in [3.05, 3.63) is 74.6 Å². The molecule has 0 bridgehead atoms. The second-order valence-corrected chi connectivity index (χ2v) is 10.8. The molecule has 1 aliphatic rings. The normalized spacial score (nSPS) is 18.8. The number of aromatic nitrogens is 1. The van der Waals surface area contributed by atoms with E-state index in [4.69, 9.17) is 0 Å². The number of aliphatic hydroxyl groups excluding tert-OH is 2. The van der Waals surface area contributed by atoms with E-state index >= 15 is 0 Å². The Balaban J connectivity index is 1.83. The summed E-state index contributed by atoms with van der Waals surface area (Å²) in [6.07, 6.45) is 1.48. The maximum Gasteiger partial charge on any atom is 0.0831 e. The van der Waals surface area contributed by atoms with Gasteiger partial charge in [0, 0.05) is 45.4 Å². The minimum atomic E-state index is -0.562. The molecule has 5 heteroatoms. The Bertz CT molecular complexity index is 1460. The van der Waals surface area contributed by atoms with Crippen LogP contribution in [0.4, 0.5) is 5.69 Å². The van der Waals surface area contributed by atoms with E-state index in [9.17, 15) is 10.2 Å². The van der Waals surface area contributed by atoms with Crippen LogP contribution in [0.5, 0.6) is 0 Å². The van der Waals surface area contributed by atoms with E-state index in [1.54, 1.807) is 0 Å². The number of thiophene rings is 1. The fourth-order valence-electron chi connectivity index (χ4n) is 5.20. The molecule has 0 spiro atoms. The van der Waals surface area contributed by atoms with E-state index in [0.29, 0.717) is 0 Å². The average molecular weight is 471 g/mol. The molecule has 0 radical (unpaired) electrons. The summed E-state index contributed by atoms with van der Waals surface area (Å²) in [6, 6.07) is 10.5. The molecule has 34 heavy (non-hydrogen) atoms. The second kappa shape index (κ2) is 8.32. The first-order valence-corrected chi connectivity index (χ1v) is 12.5. The molecule has 2 aromatic heterocycles. The molecule has 0 saturated carbocycles. The van der Waals surface area contributed by atoms with E-state index < -0.39 is 11.6 Å². The highest BCUT2D eigenvalue weighted by Gasteiger charge is 2.40. The zero-order valence-electron chi connectivity index (χ0n) is 20.2. The summed E-state index contributed by atoms with van der Waals surface area (Å²) >= 11 is 1.54. The van der Waals surface area contributed by atoms with Gasteiger partial charge in [-0.1, -0.05) is 37.0 Å². The molecule has 5 rings (SSSR count). The molecule has 0 aliphatic carbocycles. The molecule has 174 valence electrons. The van der Waals surface area contributed by atoms with Crippen molar-refractivity contribution in [3.63, 3.8) is 0 Å². The smallest absolute Gasteiger partial charge is 0.0831 e. The largest absolute Gasteiger partial charge is 0.392 e. The first kappa shape index (κ1) is 22.7. The van der Waals surface area contributed by atoms with Crippen molar-refractivity contribution in [3.8, 4) is 23.0 Å². The quantitative estimate of drug-likeness (QED) is 0.269. The summed E-state index contributed by atoms with van der Waals surface area (Å²) in [6.45, 7) is 10.4. The van der Waals surface area contributed by atoms with Crippen molar-refractivity contribution in [1.29, 1.82) is 0 Å². The summed E-state index contributed by atoms with van der Waals surface area (Å²) in [5, 5.41) is 27.7. The van der Waals surface area contributed by atoms with E-state index in [1.807, 2.05) is 31.5 Å². The fourth-order valence-corrected chi connectivity index (χ4v) is 5.96. The molecule has 0 amide bonds. The number of nitrogens with one attached hydrogen (secondary N) is 2. The molecule has 4 N–H and O–H groups in total. The van der Waals surface area contributed by atoms with Crippen LogP contribution in [0.25, 0.3) is 22.0 Å². The van der Waals surface area contributed by atoms with Gasteiger partial charge in [0.05, 0.1) is 28.6 Å². The number of benzene rings is 2. The molecule has 2 atom stereocenters. The van der Waals surface area contributed by atoms with E-state index in [-0.39, 0.29) is 12.5 Å². The van der Waals surface area contributed by atoms with Crippen molar-refractivity contribution < 1.29 is 10.2 Å². The van der Waals surface area contributed by atoms with E-state index in [2.05, 4.69) is 67.2 Å². The maximum absolute atomic E-state index is 11.2. The lowest BCUT2D eigenvalue weighted by Gasteiger charge is -2.43. The molecule has 2 aromatic carbocycles. The van der Waals surface area contributed by atoms with Crippen molar-refractivity contribution in [2.75, 3.05) is 5.32 Å². The van der Waals surface area contributed by atoms with Crippen molar-refractivity contribution in [1.82, 2.24) is 4.98 Å². The fraction of sp³-hybridized carbons (Fsp3) is 0.310. The highest BCUT2D eigenvalue weighted by Crippen LogP contribution is 2.46. The van der Waals surface area contributed by atoms with Crippen LogP contribution in [0, 0.1) is 25.7 Å². The van der Waals surface area contributed by atoms with Gasteiger partial charge in [-0.05, 0) is 61.9 Å². The van der Waals surface area contributed by atoms with Crippen LogP contribution in [0.3, 0.4) is 0 Å². The summed E-state index contributed by atoms with van der Waals surface area (Å²) < 4.78 is 0. The first-order valence-electron chi connectivity index (χ1n) is 11.6. The Labute approximate surface area is 204 Å². The van der Waals surface area contributed by atoms with Crippen LogP contribution in [-0.2, 0) is 6.61 Å². The topological polar surface area (TPSA) is 68.3 Å². The van der Waals surface area contributed by atoms with Crippen molar-refractivity contribution in [2.24, 2.45) is 0 Å². The number of hydrogen-bond donors (Lipinski definition) is 4. The van der Waals surface area contributed by atoms with Gasteiger partial charge in [0.2, 0.25) is 0 Å². The van der Waals surface area contributed by atoms with Gasteiger partial charge in [0.1, 0.15) is 0 Å². The van der Waals surface area contributed by atoms with Gasteiger partial charge in [-0.2, -0.15) is 0 Å². The van der Waals surface area contributed by atoms with Crippen LogP contribution in [0.2, 0.25) is 0 Å². The highest BCUT2D eigenvalue weighted by molar-refractivity contribution is 7.10. The number of hydrogen-bond acceptors (Lipinski definition) is 4. The molecular weight excluding hydrogens is 440 g/mol. The predicted molar refractivity (Wildman–Crippen MR) is 142 cm³/mol. The Morgan fingerprint density at radius 1 is 1.09 bits per heavy atom. The van der Waals surface area contributed by atoms with Gasteiger partial charge in [-0.25, -0.2) is 0 Å². The van der Waals surface area contributed by atoms with Crippen LogP contribution in [-0.4, -0.2) is 26.8 Å². The van der Waals surface area contributed by atoms with Gasteiger partial charge >= 0.3 is 0 Å². The van der Waals surface area contributed by atoms with Crippen LogP contribution in [0.1, 0.15) is 59.4 Å². The monoisotopic (exact) mass is 470 g/mol. The number of aromatic amines is 1. The minimum Gasteiger partial charge on any atom is -0.392 e. The number of aliphatic hydroxyl groups is 2. The number of H-pyrrole nitrogens is 1. The summed E-state index contributed by atoms with van der Waals surface area (Å²) in [7, 11) is 0. The predicted octanol–water partition coefficient (Wildman–Crippen LogP) is 6.07. The summed E-state index contributed by atoms with van der Waals surface area (Å²) in [4.78, 5) is 4.33. The summed E-state index contributed by atoms with van der Waals surface area (Å²) in [5.41, 5.74) is 9.01. The lowest BCUT2D eigenvalue weighted by atomic mass is 9.75. The van der Waals surface area contributed by atoms with Crippen molar-refractivity contribution in [2.45, 2.75) is 58.8 Å². The Morgan fingerprint density at radius 3 is 2.65 bits per heavy atom. The second-order valence-electron chi connectivity index (χ2n) is 9.87. The number of anilines is 1. The molecule has 0 fully saturated rings. The van der Waals surface area contributed by atoms with Crippen LogP contribution < -0.4 is 5.32 Å². The standard InChI is InChI=1S/C29H30N2O2S/c1-16-13-23(22-8-6-7-20-17(2)14-30-27(20)22)21(9-10-24-19(15-32)11-12-34-24)25-18(3)28(33)29(4,5)31-26(16)25/h6-8,11-14,18,28,30-33H,15H2,1-5H3/t18-,28?/m0/s1. The third-order valence-corrected chi connectivity index (χ3v) is 7.98. The molecule has 4 nitrogen and oxygen atoms in total. The molecule has 1 aliphatic heterocycles. The van der Waals surface area contributed by atoms with Crippen LogP contribution in [0.15, 0.2) is 41.9 Å². The molecule has 4 aromatic rings.